The van der Waals surface area contributed by atoms with E-state index < -0.39 is 11.9 Å². The number of thioether (sulfide) groups is 1. The topological polar surface area (TPSA) is 34.5 Å². The summed E-state index contributed by atoms with van der Waals surface area (Å²) >= 11 is 2.58. The Labute approximate surface area is 111 Å². The number of nitrogens with zero attached hydrogens (tertiary/aromatic N) is 2. The minimum absolute atomic E-state index is 0.219. The predicted molar refractivity (Wildman–Crippen MR) is 67.0 cm³/mol. The van der Waals surface area contributed by atoms with Gasteiger partial charge in [-0.15, -0.1) is 11.3 Å². The standard InChI is InChI=1S/C10H11F3N2OS2/c1-6(15-16-2)8-5-18-10(14-8)17-4-3-7(11)9(12)13/h5H,3-4H2,1-2H3/b15-6+. The number of oxime groups is 1. The molecule has 1 heterocycles. The van der Waals surface area contributed by atoms with E-state index in [-0.39, 0.29) is 12.2 Å². The molecule has 0 spiro atoms. The molecule has 0 amide bonds. The summed E-state index contributed by atoms with van der Waals surface area (Å²) in [6.45, 7) is 1.74. The number of hydrogen-bond donors (Lipinski definition) is 0. The molecule has 0 fully saturated rings. The molecular formula is C10H11F3N2OS2. The number of halogens is 3. The molecule has 0 saturated heterocycles. The maximum absolute atomic E-state index is 12.5. The molecule has 8 heteroatoms. The lowest BCUT2D eigenvalue weighted by Crippen LogP contribution is -1.95. The number of allylic oxidation sites excluding steroid dienone is 1. The maximum Gasteiger partial charge on any atom is 0.301 e. The van der Waals surface area contributed by atoms with Crippen molar-refractivity contribution in [1.29, 1.82) is 0 Å². The third kappa shape index (κ3) is 4.69. The van der Waals surface area contributed by atoms with Crippen molar-refractivity contribution >= 4 is 28.8 Å². The Morgan fingerprint density at radius 2 is 2.22 bits per heavy atom. The van der Waals surface area contributed by atoms with Crippen LogP contribution in [0.4, 0.5) is 13.2 Å². The van der Waals surface area contributed by atoms with E-state index in [0.29, 0.717) is 15.7 Å². The monoisotopic (exact) mass is 296 g/mol. The summed E-state index contributed by atoms with van der Waals surface area (Å²) in [6, 6.07) is 0. The van der Waals surface area contributed by atoms with Crippen molar-refractivity contribution in [2.24, 2.45) is 5.16 Å². The van der Waals surface area contributed by atoms with Gasteiger partial charge in [0.15, 0.2) is 10.2 Å². The summed E-state index contributed by atoms with van der Waals surface area (Å²) in [6.07, 6.45) is -2.55. The number of rotatable bonds is 6. The molecule has 0 N–H and O–H groups in total. The molecule has 0 aromatic carbocycles. The molecule has 0 aliphatic carbocycles. The number of aromatic nitrogens is 1. The van der Waals surface area contributed by atoms with E-state index in [1.54, 1.807) is 12.3 Å². The second-order valence-electron chi connectivity index (χ2n) is 3.12. The molecule has 1 aromatic heterocycles. The van der Waals surface area contributed by atoms with E-state index in [1.165, 1.54) is 30.2 Å². The van der Waals surface area contributed by atoms with Crippen molar-refractivity contribution in [2.45, 2.75) is 17.7 Å². The molecule has 0 atom stereocenters. The second kappa shape index (κ2) is 7.42. The van der Waals surface area contributed by atoms with Crippen molar-refractivity contribution in [3.8, 4) is 0 Å². The van der Waals surface area contributed by atoms with Gasteiger partial charge in [0.25, 0.3) is 0 Å². The molecule has 3 nitrogen and oxygen atoms in total. The fourth-order valence-electron chi connectivity index (χ4n) is 0.996. The van der Waals surface area contributed by atoms with Crippen LogP contribution < -0.4 is 0 Å². The first-order valence-electron chi connectivity index (χ1n) is 4.90. The molecule has 18 heavy (non-hydrogen) atoms. The molecule has 0 saturated carbocycles. The summed E-state index contributed by atoms with van der Waals surface area (Å²) in [7, 11) is 1.44. The van der Waals surface area contributed by atoms with Gasteiger partial charge in [-0.3, -0.25) is 0 Å². The lowest BCUT2D eigenvalue weighted by Gasteiger charge is -1.96. The molecule has 0 bridgehead atoms. The van der Waals surface area contributed by atoms with Gasteiger partial charge in [0.2, 0.25) is 0 Å². The van der Waals surface area contributed by atoms with Gasteiger partial charge in [-0.1, -0.05) is 16.9 Å². The van der Waals surface area contributed by atoms with E-state index in [9.17, 15) is 13.2 Å². The van der Waals surface area contributed by atoms with Gasteiger partial charge in [0.1, 0.15) is 12.8 Å². The Hall–Kier alpha value is -1.02. The van der Waals surface area contributed by atoms with Crippen molar-refractivity contribution in [1.82, 2.24) is 4.98 Å². The van der Waals surface area contributed by atoms with Crippen LogP contribution >= 0.6 is 23.1 Å². The zero-order valence-electron chi connectivity index (χ0n) is 9.74. The minimum atomic E-state index is -2.25. The second-order valence-corrected chi connectivity index (χ2v) is 5.32. The quantitative estimate of drug-likeness (QED) is 0.451. The van der Waals surface area contributed by atoms with E-state index in [4.69, 9.17) is 0 Å². The normalized spacial score (nSPS) is 11.5. The van der Waals surface area contributed by atoms with Crippen LogP contribution in [0.5, 0.6) is 0 Å². The molecule has 1 aromatic rings. The van der Waals surface area contributed by atoms with Crippen LogP contribution in [0.25, 0.3) is 0 Å². The Morgan fingerprint density at radius 3 is 2.83 bits per heavy atom. The van der Waals surface area contributed by atoms with Crippen molar-refractivity contribution < 1.29 is 18.0 Å². The summed E-state index contributed by atoms with van der Waals surface area (Å²) < 4.78 is 36.8. The van der Waals surface area contributed by atoms with E-state index in [0.717, 1.165) is 0 Å². The molecule has 1 rings (SSSR count). The lowest BCUT2D eigenvalue weighted by molar-refractivity contribution is 0.213. The van der Waals surface area contributed by atoms with Crippen LogP contribution in [0.1, 0.15) is 19.0 Å². The largest absolute Gasteiger partial charge is 0.399 e. The van der Waals surface area contributed by atoms with Crippen LogP contribution in [0.15, 0.2) is 26.8 Å². The van der Waals surface area contributed by atoms with Crippen LogP contribution in [-0.4, -0.2) is 23.6 Å². The van der Waals surface area contributed by atoms with Gasteiger partial charge in [0.05, 0.1) is 5.69 Å². The number of thiazole rings is 1. The maximum atomic E-state index is 12.5. The summed E-state index contributed by atoms with van der Waals surface area (Å²) in [4.78, 5) is 8.83. The highest BCUT2D eigenvalue weighted by Gasteiger charge is 2.08. The molecule has 0 aliphatic heterocycles. The third-order valence-corrected chi connectivity index (χ3v) is 3.86. The molecule has 0 aliphatic rings. The fraction of sp³-hybridized carbons (Fsp3) is 0.400. The molecule has 0 radical (unpaired) electrons. The van der Waals surface area contributed by atoms with Crippen LogP contribution in [0.2, 0.25) is 0 Å². The smallest absolute Gasteiger partial charge is 0.301 e. The van der Waals surface area contributed by atoms with Gasteiger partial charge < -0.3 is 4.84 Å². The SMILES string of the molecule is CO/N=C(\C)c1csc(SCCC(F)=C(F)F)n1. The first-order valence-corrected chi connectivity index (χ1v) is 6.77. The first kappa shape index (κ1) is 15.0. The Bertz CT molecular complexity index is 456. The minimum Gasteiger partial charge on any atom is -0.399 e. The zero-order chi connectivity index (χ0) is 13.5. The molecule has 0 unspecified atom stereocenters. The fourth-order valence-corrected chi connectivity index (χ4v) is 2.87. The average Bonchev–Trinajstić information content (AvgIpc) is 2.78. The molecular weight excluding hydrogens is 285 g/mol. The Balaban J connectivity index is 2.50. The van der Waals surface area contributed by atoms with Crippen LogP contribution in [0, 0.1) is 0 Å². The Morgan fingerprint density at radius 1 is 1.50 bits per heavy atom. The van der Waals surface area contributed by atoms with E-state index in [1.807, 2.05) is 0 Å². The molecule has 100 valence electrons. The van der Waals surface area contributed by atoms with E-state index >= 15 is 0 Å². The Kier molecular flexibility index (Phi) is 6.20. The summed E-state index contributed by atoms with van der Waals surface area (Å²) in [5, 5.41) is 5.50. The highest BCUT2D eigenvalue weighted by molar-refractivity contribution is 8.01. The predicted octanol–water partition coefficient (Wildman–Crippen LogP) is 4.07. The third-order valence-electron chi connectivity index (χ3n) is 1.83. The van der Waals surface area contributed by atoms with Crippen LogP contribution in [0.3, 0.4) is 0 Å². The lowest BCUT2D eigenvalue weighted by atomic mass is 10.3. The van der Waals surface area contributed by atoms with Crippen molar-refractivity contribution in [3.05, 3.63) is 23.0 Å². The van der Waals surface area contributed by atoms with Crippen molar-refractivity contribution in [3.63, 3.8) is 0 Å². The highest BCUT2D eigenvalue weighted by Crippen LogP contribution is 2.25. The first-order chi connectivity index (χ1) is 8.54. The average molecular weight is 296 g/mol. The van der Waals surface area contributed by atoms with E-state index in [2.05, 4.69) is 15.0 Å². The summed E-state index contributed by atoms with van der Waals surface area (Å²) in [5.41, 5.74) is 1.29. The summed E-state index contributed by atoms with van der Waals surface area (Å²) in [5.74, 6) is -1.15. The highest BCUT2D eigenvalue weighted by atomic mass is 32.2. The van der Waals surface area contributed by atoms with Gasteiger partial charge in [-0.2, -0.15) is 8.78 Å². The van der Waals surface area contributed by atoms with Gasteiger partial charge in [0, 0.05) is 17.6 Å². The van der Waals surface area contributed by atoms with Crippen molar-refractivity contribution in [2.75, 3.05) is 12.9 Å². The van der Waals surface area contributed by atoms with Gasteiger partial charge >= 0.3 is 6.08 Å². The van der Waals surface area contributed by atoms with Gasteiger partial charge in [-0.25, -0.2) is 9.37 Å². The van der Waals surface area contributed by atoms with Crippen LogP contribution in [-0.2, 0) is 4.84 Å². The number of hydrogen-bond acceptors (Lipinski definition) is 5. The van der Waals surface area contributed by atoms with Gasteiger partial charge in [-0.05, 0) is 6.92 Å². The zero-order valence-corrected chi connectivity index (χ0v) is 11.4.